The molecule has 1 aromatic carbocycles. The van der Waals surface area contributed by atoms with E-state index in [1.54, 1.807) is 13.0 Å². The molecule has 122 valence electrons. The van der Waals surface area contributed by atoms with Gasteiger partial charge in [0, 0.05) is 22.6 Å². The van der Waals surface area contributed by atoms with Crippen LogP contribution in [0.2, 0.25) is 0 Å². The van der Waals surface area contributed by atoms with Crippen LogP contribution in [-0.4, -0.2) is 20.5 Å². The van der Waals surface area contributed by atoms with Gasteiger partial charge in [0.15, 0.2) is 0 Å². The van der Waals surface area contributed by atoms with E-state index in [4.69, 9.17) is 0 Å². The van der Waals surface area contributed by atoms with Crippen LogP contribution >= 0.6 is 11.3 Å². The molecule has 3 aromatic rings. The highest BCUT2D eigenvalue weighted by Crippen LogP contribution is 2.20. The molecular formula is C15H12N4O4S. The van der Waals surface area contributed by atoms with Gasteiger partial charge in [-0.3, -0.25) is 25.1 Å². The van der Waals surface area contributed by atoms with Gasteiger partial charge in [-0.2, -0.15) is 0 Å². The van der Waals surface area contributed by atoms with Crippen molar-refractivity contribution in [1.29, 1.82) is 0 Å². The van der Waals surface area contributed by atoms with Crippen molar-refractivity contribution < 1.29 is 9.72 Å². The molecule has 2 heterocycles. The summed E-state index contributed by atoms with van der Waals surface area (Å²) in [6, 6.07) is 6.84. The molecule has 0 spiro atoms. The minimum absolute atomic E-state index is 0.114. The standard InChI is InChI=1S/C15H12N4O4S/c1-8-7-12-14(24-8)16-9(2)18(15(12)21)17-13(20)10-3-5-11(6-4-10)19(22)23/h3-7H,1-2H3,(H,17,20). The predicted octanol–water partition coefficient (Wildman–Crippen LogP) is 2.37. The number of benzene rings is 1. The molecule has 0 saturated heterocycles. The van der Waals surface area contributed by atoms with Crippen LogP contribution < -0.4 is 11.0 Å². The van der Waals surface area contributed by atoms with Crippen LogP contribution in [0.3, 0.4) is 0 Å². The van der Waals surface area contributed by atoms with Crippen molar-refractivity contribution >= 4 is 33.1 Å². The monoisotopic (exact) mass is 344 g/mol. The van der Waals surface area contributed by atoms with Crippen LogP contribution in [-0.2, 0) is 0 Å². The molecule has 1 N–H and O–H groups in total. The Balaban J connectivity index is 1.95. The topological polar surface area (TPSA) is 107 Å². The van der Waals surface area contributed by atoms with Gasteiger partial charge in [-0.05, 0) is 32.0 Å². The lowest BCUT2D eigenvalue weighted by Gasteiger charge is -2.10. The number of fused-ring (bicyclic) bond motifs is 1. The van der Waals surface area contributed by atoms with E-state index in [0.29, 0.717) is 16.0 Å². The molecule has 0 bridgehead atoms. The Morgan fingerprint density at radius 3 is 2.58 bits per heavy atom. The number of nitrogens with zero attached hydrogens (tertiary/aromatic N) is 3. The molecule has 0 aliphatic rings. The molecule has 9 heteroatoms. The highest BCUT2D eigenvalue weighted by Gasteiger charge is 2.14. The second kappa shape index (κ2) is 5.85. The molecule has 0 aliphatic heterocycles. The summed E-state index contributed by atoms with van der Waals surface area (Å²) in [6.45, 7) is 3.49. The summed E-state index contributed by atoms with van der Waals surface area (Å²) in [4.78, 5) is 40.8. The largest absolute Gasteiger partial charge is 0.281 e. The number of thiophene rings is 1. The number of amides is 1. The average Bonchev–Trinajstić information content (AvgIpc) is 2.91. The first-order valence-electron chi connectivity index (χ1n) is 6.92. The highest BCUT2D eigenvalue weighted by molar-refractivity contribution is 7.18. The normalized spacial score (nSPS) is 10.8. The number of non-ortho nitro benzene ring substituents is 1. The summed E-state index contributed by atoms with van der Waals surface area (Å²) in [7, 11) is 0. The Morgan fingerprint density at radius 1 is 1.29 bits per heavy atom. The van der Waals surface area contributed by atoms with Gasteiger partial charge in [0.1, 0.15) is 10.7 Å². The Morgan fingerprint density at radius 2 is 1.96 bits per heavy atom. The lowest BCUT2D eigenvalue weighted by Crippen LogP contribution is -2.35. The second-order valence-electron chi connectivity index (χ2n) is 5.12. The molecule has 3 rings (SSSR count). The van der Waals surface area contributed by atoms with Crippen molar-refractivity contribution in [2.24, 2.45) is 0 Å². The summed E-state index contributed by atoms with van der Waals surface area (Å²) in [5.41, 5.74) is 2.21. The number of nitrogens with one attached hydrogen (secondary N) is 1. The number of aryl methyl sites for hydroxylation is 2. The van der Waals surface area contributed by atoms with Gasteiger partial charge >= 0.3 is 0 Å². The fourth-order valence-electron chi connectivity index (χ4n) is 2.23. The van der Waals surface area contributed by atoms with Gasteiger partial charge in [0.25, 0.3) is 17.2 Å². The van der Waals surface area contributed by atoms with Crippen molar-refractivity contribution in [3.63, 3.8) is 0 Å². The molecule has 0 aliphatic carbocycles. The Hall–Kier alpha value is -3.07. The first-order valence-corrected chi connectivity index (χ1v) is 7.74. The van der Waals surface area contributed by atoms with Gasteiger partial charge in [0.2, 0.25) is 0 Å². The maximum absolute atomic E-state index is 12.5. The zero-order valence-electron chi connectivity index (χ0n) is 12.8. The van der Waals surface area contributed by atoms with Gasteiger partial charge in [-0.1, -0.05) is 0 Å². The van der Waals surface area contributed by atoms with Crippen molar-refractivity contribution in [2.75, 3.05) is 5.43 Å². The van der Waals surface area contributed by atoms with Crippen molar-refractivity contribution in [3.05, 3.63) is 67.1 Å². The van der Waals surface area contributed by atoms with Crippen LogP contribution in [0.25, 0.3) is 10.2 Å². The zero-order valence-corrected chi connectivity index (χ0v) is 13.6. The van der Waals surface area contributed by atoms with Crippen LogP contribution in [0.4, 0.5) is 5.69 Å². The number of nitro groups is 1. The Bertz CT molecular complexity index is 1020. The number of carbonyl (C=O) groups excluding carboxylic acids is 1. The molecule has 2 aromatic heterocycles. The van der Waals surface area contributed by atoms with E-state index < -0.39 is 10.8 Å². The molecular weight excluding hydrogens is 332 g/mol. The Kier molecular flexibility index (Phi) is 3.86. The molecule has 1 amide bonds. The number of nitro benzene ring substituents is 1. The van der Waals surface area contributed by atoms with Crippen molar-refractivity contribution in [3.8, 4) is 0 Å². The highest BCUT2D eigenvalue weighted by atomic mass is 32.1. The van der Waals surface area contributed by atoms with Crippen LogP contribution in [0.1, 0.15) is 21.1 Å². The quantitative estimate of drug-likeness (QED) is 0.580. The third-order valence-corrected chi connectivity index (χ3v) is 4.35. The molecule has 0 unspecified atom stereocenters. The third-order valence-electron chi connectivity index (χ3n) is 3.41. The first-order chi connectivity index (χ1) is 11.4. The summed E-state index contributed by atoms with van der Waals surface area (Å²) in [5.74, 6) is -0.201. The number of carbonyl (C=O) groups is 1. The van der Waals surface area contributed by atoms with Gasteiger partial charge < -0.3 is 0 Å². The average molecular weight is 344 g/mol. The number of rotatable bonds is 3. The van der Waals surface area contributed by atoms with E-state index in [1.807, 2.05) is 6.92 Å². The Labute approximate surface area is 139 Å². The van der Waals surface area contributed by atoms with E-state index >= 15 is 0 Å². The number of aromatic nitrogens is 2. The molecule has 24 heavy (non-hydrogen) atoms. The lowest BCUT2D eigenvalue weighted by atomic mass is 10.2. The van der Waals surface area contributed by atoms with E-state index in [1.165, 1.54) is 35.6 Å². The van der Waals surface area contributed by atoms with E-state index in [0.717, 1.165) is 9.55 Å². The second-order valence-corrected chi connectivity index (χ2v) is 6.36. The van der Waals surface area contributed by atoms with Crippen LogP contribution in [0, 0.1) is 24.0 Å². The molecule has 8 nitrogen and oxygen atoms in total. The van der Waals surface area contributed by atoms with Gasteiger partial charge in [-0.25, -0.2) is 9.66 Å². The van der Waals surface area contributed by atoms with E-state index in [2.05, 4.69) is 10.4 Å². The van der Waals surface area contributed by atoms with Gasteiger partial charge in [-0.15, -0.1) is 11.3 Å². The van der Waals surface area contributed by atoms with Gasteiger partial charge in [0.05, 0.1) is 10.3 Å². The fourth-order valence-corrected chi connectivity index (χ4v) is 3.15. The summed E-state index contributed by atoms with van der Waals surface area (Å²) in [6.07, 6.45) is 0. The molecule has 0 saturated carbocycles. The molecule has 0 radical (unpaired) electrons. The first kappa shape index (κ1) is 15.8. The minimum Gasteiger partial charge on any atom is -0.267 e. The summed E-state index contributed by atoms with van der Waals surface area (Å²) >= 11 is 1.41. The van der Waals surface area contributed by atoms with Crippen molar-refractivity contribution in [2.45, 2.75) is 13.8 Å². The van der Waals surface area contributed by atoms with Crippen molar-refractivity contribution in [1.82, 2.24) is 9.66 Å². The smallest absolute Gasteiger partial charge is 0.267 e. The maximum atomic E-state index is 12.5. The lowest BCUT2D eigenvalue weighted by molar-refractivity contribution is -0.384. The van der Waals surface area contributed by atoms with E-state index in [9.17, 15) is 19.7 Å². The van der Waals surface area contributed by atoms with Crippen LogP contribution in [0.15, 0.2) is 35.1 Å². The summed E-state index contributed by atoms with van der Waals surface area (Å²) in [5, 5.41) is 11.1. The number of hydrogen-bond acceptors (Lipinski definition) is 6. The predicted molar refractivity (Wildman–Crippen MR) is 90.1 cm³/mol. The summed E-state index contributed by atoms with van der Waals surface area (Å²) < 4.78 is 1.08. The number of hydrogen-bond donors (Lipinski definition) is 1. The van der Waals surface area contributed by atoms with E-state index in [-0.39, 0.29) is 16.8 Å². The zero-order chi connectivity index (χ0) is 17.4. The molecule has 0 fully saturated rings. The minimum atomic E-state index is -0.553. The fraction of sp³-hybridized carbons (Fsp3) is 0.133. The molecule has 0 atom stereocenters. The SMILES string of the molecule is Cc1cc2c(=O)n(NC(=O)c3ccc([N+](=O)[O-])cc3)c(C)nc2s1. The van der Waals surface area contributed by atoms with Crippen LogP contribution in [0.5, 0.6) is 0 Å². The third kappa shape index (κ3) is 2.76. The maximum Gasteiger partial charge on any atom is 0.281 e.